The Hall–Kier alpha value is -5.62. The van der Waals surface area contributed by atoms with Crippen molar-refractivity contribution in [1.82, 2.24) is 10.6 Å². The number of carbonyl (C=O) groups excluding carboxylic acids is 4. The van der Waals surface area contributed by atoms with Crippen molar-refractivity contribution < 1.29 is 19.2 Å². The van der Waals surface area contributed by atoms with E-state index in [0.717, 1.165) is 70.9 Å². The van der Waals surface area contributed by atoms with Crippen molar-refractivity contribution in [3.05, 3.63) is 95.1 Å². The van der Waals surface area contributed by atoms with E-state index in [4.69, 9.17) is 0 Å². The van der Waals surface area contributed by atoms with E-state index in [9.17, 15) is 19.2 Å². The smallest absolute Gasteiger partial charge is 0.258 e. The quantitative estimate of drug-likeness (QED) is 0.113. The maximum absolute atomic E-state index is 12.8. The largest absolute Gasteiger partial charge is 0.355 e. The average Bonchev–Trinajstić information content (AvgIpc) is 3.01. The minimum absolute atomic E-state index is 0.239. The lowest BCUT2D eigenvalue weighted by Crippen LogP contribution is -2.34. The highest BCUT2D eigenvalue weighted by molar-refractivity contribution is 6.44. The average molecular weight is 531 g/mol. The molecule has 0 saturated heterocycles. The molecule has 192 valence electrons. The third kappa shape index (κ3) is 2.49. The molecular formula is C35H18N2O4. The maximum atomic E-state index is 12.8. The summed E-state index contributed by atoms with van der Waals surface area (Å²) in [6, 6.07) is 23.6. The number of aldehydes is 1. The SMILES string of the molecule is CNC(=O)c1ccc2c3ccc4c5ccc6c7c(ccc(c8ccc(c9ccc(C=O)c1c92)c3c84)c75)C(=O)NC6=O. The second-order valence-electron chi connectivity index (χ2n) is 10.7. The van der Waals surface area contributed by atoms with Crippen LogP contribution in [0.3, 0.4) is 0 Å². The fourth-order valence-electron chi connectivity index (χ4n) is 7.35. The predicted octanol–water partition coefficient (Wildman–Crippen LogP) is 6.69. The number of carbonyl (C=O) groups is 4. The zero-order valence-electron chi connectivity index (χ0n) is 21.6. The standard InChI is InChI=1S/C35H18N2O4/c1-36-33(39)24-11-8-17-19-5-7-21-23-10-13-26-32-25(34(40)37-35(26)41)12-9-22(31(23)32)20-6-4-18(29(19)30(20)21)16-3-2-15(14-38)27(24)28(16)17/h2-14H,1H3,(H,36,39)(H,37,40,41). The first kappa shape index (κ1) is 22.2. The molecule has 0 spiro atoms. The minimum Gasteiger partial charge on any atom is -0.355 e. The van der Waals surface area contributed by atoms with E-state index in [1.807, 2.05) is 36.4 Å². The van der Waals surface area contributed by atoms with Crippen LogP contribution in [0.5, 0.6) is 0 Å². The van der Waals surface area contributed by atoms with Gasteiger partial charge in [0.1, 0.15) is 0 Å². The summed E-state index contributed by atoms with van der Waals surface area (Å²) in [6.07, 6.45) is 0.810. The van der Waals surface area contributed by atoms with Crippen LogP contribution in [0, 0.1) is 0 Å². The van der Waals surface area contributed by atoms with Gasteiger partial charge in [0.2, 0.25) is 0 Å². The van der Waals surface area contributed by atoms with Crippen molar-refractivity contribution >= 4 is 99.4 Å². The van der Waals surface area contributed by atoms with Crippen LogP contribution in [0.15, 0.2) is 72.8 Å². The number of hydrogen-bond donors (Lipinski definition) is 2. The summed E-state index contributed by atoms with van der Waals surface area (Å²) in [5.74, 6) is -0.993. The lowest BCUT2D eigenvalue weighted by Gasteiger charge is -2.23. The maximum Gasteiger partial charge on any atom is 0.258 e. The van der Waals surface area contributed by atoms with Crippen LogP contribution in [0.25, 0.3) is 75.4 Å². The van der Waals surface area contributed by atoms with Crippen molar-refractivity contribution in [1.29, 1.82) is 0 Å². The number of amides is 3. The van der Waals surface area contributed by atoms with E-state index in [1.54, 1.807) is 19.2 Å². The molecule has 3 amide bonds. The number of hydrogen-bond acceptors (Lipinski definition) is 4. The van der Waals surface area contributed by atoms with E-state index in [-0.39, 0.29) is 17.7 Å². The Bertz CT molecular complexity index is 2440. The Morgan fingerprint density at radius 1 is 0.561 bits per heavy atom. The molecular weight excluding hydrogens is 512 g/mol. The number of nitrogens with one attached hydrogen (secondary N) is 2. The van der Waals surface area contributed by atoms with Gasteiger partial charge >= 0.3 is 0 Å². The van der Waals surface area contributed by atoms with Gasteiger partial charge in [-0.1, -0.05) is 54.6 Å². The monoisotopic (exact) mass is 530 g/mol. The molecule has 1 aliphatic heterocycles. The van der Waals surface area contributed by atoms with Gasteiger partial charge in [0, 0.05) is 40.1 Å². The Kier molecular flexibility index (Phi) is 3.96. The Labute approximate surface area is 231 Å². The molecule has 0 bridgehead atoms. The lowest BCUT2D eigenvalue weighted by molar-refractivity contribution is 0.0843. The van der Waals surface area contributed by atoms with Crippen LogP contribution in [0.4, 0.5) is 0 Å². The molecule has 8 aromatic carbocycles. The molecule has 1 aliphatic rings. The third-order valence-corrected chi connectivity index (χ3v) is 8.99. The number of fused-ring (bicyclic) bond motifs is 4. The van der Waals surface area contributed by atoms with Gasteiger partial charge in [-0.3, -0.25) is 24.5 Å². The molecule has 9 rings (SSSR count). The van der Waals surface area contributed by atoms with Gasteiger partial charge in [-0.25, -0.2) is 0 Å². The van der Waals surface area contributed by atoms with Crippen LogP contribution >= 0.6 is 0 Å². The van der Waals surface area contributed by atoms with E-state index >= 15 is 0 Å². The summed E-state index contributed by atoms with van der Waals surface area (Å²) >= 11 is 0. The zero-order chi connectivity index (χ0) is 27.7. The topological polar surface area (TPSA) is 92.3 Å². The van der Waals surface area contributed by atoms with Gasteiger partial charge in [-0.2, -0.15) is 0 Å². The van der Waals surface area contributed by atoms with Crippen molar-refractivity contribution in [3.8, 4) is 0 Å². The van der Waals surface area contributed by atoms with Gasteiger partial charge in [0.15, 0.2) is 6.29 Å². The molecule has 41 heavy (non-hydrogen) atoms. The normalized spacial score (nSPS) is 13.5. The molecule has 6 nitrogen and oxygen atoms in total. The predicted molar refractivity (Wildman–Crippen MR) is 162 cm³/mol. The first-order valence-corrected chi connectivity index (χ1v) is 13.4. The van der Waals surface area contributed by atoms with Gasteiger partial charge < -0.3 is 5.32 Å². The Morgan fingerprint density at radius 3 is 1.41 bits per heavy atom. The van der Waals surface area contributed by atoms with Gasteiger partial charge in [0.25, 0.3) is 17.7 Å². The Balaban J connectivity index is 1.54. The first-order valence-electron chi connectivity index (χ1n) is 13.4. The van der Waals surface area contributed by atoms with E-state index in [0.29, 0.717) is 33.0 Å². The molecule has 0 aromatic heterocycles. The summed E-state index contributed by atoms with van der Waals surface area (Å²) in [7, 11) is 1.59. The molecule has 0 fully saturated rings. The molecule has 0 radical (unpaired) electrons. The summed E-state index contributed by atoms with van der Waals surface area (Å²) < 4.78 is 0. The van der Waals surface area contributed by atoms with Crippen molar-refractivity contribution in [2.24, 2.45) is 0 Å². The molecule has 0 aliphatic carbocycles. The fraction of sp³-hybridized carbons (Fsp3) is 0.0286. The molecule has 0 unspecified atom stereocenters. The highest BCUT2D eigenvalue weighted by Crippen LogP contribution is 2.48. The number of rotatable bonds is 2. The minimum atomic E-state index is -0.377. The van der Waals surface area contributed by atoms with Crippen LogP contribution in [-0.4, -0.2) is 31.1 Å². The van der Waals surface area contributed by atoms with Crippen molar-refractivity contribution in [2.45, 2.75) is 0 Å². The van der Waals surface area contributed by atoms with E-state index < -0.39 is 0 Å². The van der Waals surface area contributed by atoms with E-state index in [1.165, 1.54) is 0 Å². The lowest BCUT2D eigenvalue weighted by atomic mass is 9.81. The third-order valence-electron chi connectivity index (χ3n) is 8.99. The van der Waals surface area contributed by atoms with Crippen molar-refractivity contribution in [2.75, 3.05) is 7.05 Å². The number of benzene rings is 8. The summed E-state index contributed by atoms with van der Waals surface area (Å²) in [5, 5.41) is 18.6. The van der Waals surface area contributed by atoms with Crippen LogP contribution in [0.1, 0.15) is 41.4 Å². The van der Waals surface area contributed by atoms with Crippen LogP contribution in [-0.2, 0) is 0 Å². The fourth-order valence-corrected chi connectivity index (χ4v) is 7.35. The molecule has 8 aromatic rings. The summed E-state index contributed by atoms with van der Waals surface area (Å²) in [4.78, 5) is 50.5. The molecule has 0 saturated carbocycles. The molecule has 2 N–H and O–H groups in total. The first-order chi connectivity index (χ1) is 20.0. The van der Waals surface area contributed by atoms with E-state index in [2.05, 4.69) is 34.9 Å². The molecule has 0 atom stereocenters. The summed E-state index contributed by atoms with van der Waals surface area (Å²) in [5.41, 5.74) is 1.96. The van der Waals surface area contributed by atoms with Gasteiger partial charge in [-0.15, -0.1) is 0 Å². The highest BCUT2D eigenvalue weighted by atomic mass is 16.2. The van der Waals surface area contributed by atoms with Gasteiger partial charge in [-0.05, 0) is 82.8 Å². The van der Waals surface area contributed by atoms with Crippen LogP contribution in [0.2, 0.25) is 0 Å². The molecule has 6 heteroatoms. The van der Waals surface area contributed by atoms with Crippen LogP contribution < -0.4 is 10.6 Å². The highest BCUT2D eigenvalue weighted by Gasteiger charge is 2.28. The molecule has 1 heterocycles. The second kappa shape index (κ2) is 7.31. The zero-order valence-corrected chi connectivity index (χ0v) is 21.6. The Morgan fingerprint density at radius 2 is 0.951 bits per heavy atom. The second-order valence-corrected chi connectivity index (χ2v) is 10.7. The number of imide groups is 1. The van der Waals surface area contributed by atoms with Gasteiger partial charge in [0.05, 0.1) is 0 Å². The summed E-state index contributed by atoms with van der Waals surface area (Å²) in [6.45, 7) is 0. The van der Waals surface area contributed by atoms with Crippen molar-refractivity contribution in [3.63, 3.8) is 0 Å².